The second kappa shape index (κ2) is 8.22. The van der Waals surface area contributed by atoms with Crippen LogP contribution in [0.2, 0.25) is 0 Å². The number of nitrogens with one attached hydrogen (secondary N) is 1. The molecule has 2 aromatic carbocycles. The van der Waals surface area contributed by atoms with Gasteiger partial charge in [-0.05, 0) is 61.5 Å². The topological polar surface area (TPSA) is 50.8 Å². The molecule has 27 heavy (non-hydrogen) atoms. The first kappa shape index (κ1) is 18.9. The molecule has 6 heteroatoms. The molecule has 1 heterocycles. The third-order valence-corrected chi connectivity index (χ3v) is 4.69. The largest absolute Gasteiger partial charge is 0.496 e. The number of methoxy groups -OCH3 is 1. The summed E-state index contributed by atoms with van der Waals surface area (Å²) in [6, 6.07) is 13.6. The van der Waals surface area contributed by atoms with E-state index in [4.69, 9.17) is 21.7 Å². The number of aryl methyl sites for hydroxylation is 1. The Bertz CT molecular complexity index is 908. The maximum absolute atomic E-state index is 12.4. The molecular weight excluding hydrogens is 360 g/mol. The normalized spacial score (nSPS) is 15.2. The molecule has 1 N–H and O–H groups in total. The molecule has 0 aromatic heterocycles. The average Bonchev–Trinajstić information content (AvgIpc) is 2.94. The van der Waals surface area contributed by atoms with Crippen molar-refractivity contribution < 1.29 is 14.3 Å². The molecule has 1 fully saturated rings. The molecule has 0 radical (unpaired) electrons. The predicted octanol–water partition coefficient (Wildman–Crippen LogP) is 3.66. The zero-order valence-electron chi connectivity index (χ0n) is 15.6. The highest BCUT2D eigenvalue weighted by atomic mass is 32.1. The van der Waals surface area contributed by atoms with Crippen LogP contribution in [0.15, 0.2) is 48.2 Å². The van der Waals surface area contributed by atoms with Crippen molar-refractivity contribution in [1.82, 2.24) is 10.2 Å². The van der Waals surface area contributed by atoms with Gasteiger partial charge in [0.1, 0.15) is 23.8 Å². The number of carbonyl (C=O) groups is 1. The minimum atomic E-state index is -0.115. The predicted molar refractivity (Wildman–Crippen MR) is 110 cm³/mol. The van der Waals surface area contributed by atoms with Crippen LogP contribution in [0.25, 0.3) is 6.08 Å². The lowest BCUT2D eigenvalue weighted by Gasteiger charge is -2.13. The number of amides is 1. The fourth-order valence-electron chi connectivity index (χ4n) is 2.90. The van der Waals surface area contributed by atoms with Crippen LogP contribution < -0.4 is 14.8 Å². The van der Waals surface area contributed by atoms with Crippen molar-refractivity contribution >= 4 is 29.3 Å². The number of carbonyl (C=O) groups excluding carboxylic acids is 1. The molecule has 1 aliphatic rings. The second-order valence-electron chi connectivity index (χ2n) is 6.16. The molecule has 5 nitrogen and oxygen atoms in total. The lowest BCUT2D eigenvalue weighted by molar-refractivity contribution is -0.122. The van der Waals surface area contributed by atoms with E-state index in [0.717, 1.165) is 28.2 Å². The van der Waals surface area contributed by atoms with Gasteiger partial charge in [-0.25, -0.2) is 0 Å². The highest BCUT2D eigenvalue weighted by Gasteiger charge is 2.29. The fraction of sp³-hybridized carbons (Fsp3) is 0.238. The summed E-state index contributed by atoms with van der Waals surface area (Å²) in [5.41, 5.74) is 3.31. The number of thiocarbonyl (C=S) groups is 1. The molecule has 1 aliphatic heterocycles. The summed E-state index contributed by atoms with van der Waals surface area (Å²) in [6.45, 7) is 4.81. The summed E-state index contributed by atoms with van der Waals surface area (Å²) in [6.07, 6.45) is 1.79. The molecule has 0 saturated carbocycles. The highest BCUT2D eigenvalue weighted by Crippen LogP contribution is 2.25. The molecular formula is C21H22N2O3S. The van der Waals surface area contributed by atoms with Crippen molar-refractivity contribution in [3.8, 4) is 11.5 Å². The van der Waals surface area contributed by atoms with E-state index in [-0.39, 0.29) is 5.91 Å². The van der Waals surface area contributed by atoms with Crippen molar-refractivity contribution in [2.24, 2.45) is 0 Å². The Morgan fingerprint density at radius 2 is 1.96 bits per heavy atom. The molecule has 0 spiro atoms. The average molecular weight is 382 g/mol. The first-order chi connectivity index (χ1) is 13.0. The third-order valence-electron chi connectivity index (χ3n) is 4.37. The molecule has 0 unspecified atom stereocenters. The van der Waals surface area contributed by atoms with Gasteiger partial charge in [-0.15, -0.1) is 0 Å². The van der Waals surface area contributed by atoms with Crippen molar-refractivity contribution in [2.45, 2.75) is 20.5 Å². The summed E-state index contributed by atoms with van der Waals surface area (Å²) in [7, 11) is 1.63. The molecule has 140 valence electrons. The van der Waals surface area contributed by atoms with Crippen LogP contribution in [0.4, 0.5) is 0 Å². The minimum absolute atomic E-state index is 0.115. The van der Waals surface area contributed by atoms with Crippen molar-refractivity contribution in [2.75, 3.05) is 13.7 Å². The molecule has 1 amide bonds. The first-order valence-electron chi connectivity index (χ1n) is 8.73. The standard InChI is InChI=1S/C21H22N2O3S/c1-4-23-20(24)17(22-21(23)27)12-15-9-10-19(25-3)16(11-15)13-26-18-8-6-5-7-14(18)2/h5-12H,4,13H2,1-3H3,(H,22,27)/b17-12+. The Labute approximate surface area is 164 Å². The molecule has 2 aromatic rings. The van der Waals surface area contributed by atoms with Gasteiger partial charge in [0.15, 0.2) is 5.11 Å². The Morgan fingerprint density at radius 1 is 1.19 bits per heavy atom. The van der Waals surface area contributed by atoms with Gasteiger partial charge >= 0.3 is 0 Å². The monoisotopic (exact) mass is 382 g/mol. The van der Waals surface area contributed by atoms with Crippen LogP contribution in [0, 0.1) is 6.92 Å². The first-order valence-corrected chi connectivity index (χ1v) is 9.14. The zero-order valence-corrected chi connectivity index (χ0v) is 16.4. The van der Waals surface area contributed by atoms with E-state index in [1.165, 1.54) is 4.90 Å². The lowest BCUT2D eigenvalue weighted by Crippen LogP contribution is -2.30. The summed E-state index contributed by atoms with van der Waals surface area (Å²) in [5, 5.41) is 3.41. The SMILES string of the molecule is CCN1C(=O)/C(=C\c2ccc(OC)c(COc3ccccc3C)c2)NC1=S. The van der Waals surface area contributed by atoms with Crippen LogP contribution in [0.5, 0.6) is 11.5 Å². The number of nitrogens with zero attached hydrogens (tertiary/aromatic N) is 1. The van der Waals surface area contributed by atoms with Gasteiger partial charge in [0.25, 0.3) is 5.91 Å². The summed E-state index contributed by atoms with van der Waals surface area (Å²) >= 11 is 5.20. The lowest BCUT2D eigenvalue weighted by atomic mass is 10.1. The fourth-order valence-corrected chi connectivity index (χ4v) is 3.22. The Hall–Kier alpha value is -2.86. The molecule has 0 atom stereocenters. The van der Waals surface area contributed by atoms with Gasteiger partial charge in [-0.3, -0.25) is 9.69 Å². The smallest absolute Gasteiger partial charge is 0.276 e. The highest BCUT2D eigenvalue weighted by molar-refractivity contribution is 7.80. The number of hydrogen-bond donors (Lipinski definition) is 1. The minimum Gasteiger partial charge on any atom is -0.496 e. The number of hydrogen-bond acceptors (Lipinski definition) is 4. The number of para-hydroxylation sites is 1. The van der Waals surface area contributed by atoms with Gasteiger partial charge in [0, 0.05) is 12.1 Å². The van der Waals surface area contributed by atoms with E-state index in [0.29, 0.717) is 24.0 Å². The Morgan fingerprint density at radius 3 is 2.63 bits per heavy atom. The van der Waals surface area contributed by atoms with Crippen molar-refractivity contribution in [3.05, 3.63) is 64.9 Å². The number of benzene rings is 2. The maximum atomic E-state index is 12.4. The summed E-state index contributed by atoms with van der Waals surface area (Å²) in [4.78, 5) is 13.9. The van der Waals surface area contributed by atoms with Crippen LogP contribution in [0.3, 0.4) is 0 Å². The maximum Gasteiger partial charge on any atom is 0.276 e. The van der Waals surface area contributed by atoms with E-state index >= 15 is 0 Å². The van der Waals surface area contributed by atoms with E-state index in [1.54, 1.807) is 13.2 Å². The van der Waals surface area contributed by atoms with Gasteiger partial charge in [0.2, 0.25) is 0 Å². The molecule has 0 bridgehead atoms. The van der Waals surface area contributed by atoms with Crippen LogP contribution >= 0.6 is 12.2 Å². The summed E-state index contributed by atoms with van der Waals surface area (Å²) < 4.78 is 11.4. The quantitative estimate of drug-likeness (QED) is 0.610. The van der Waals surface area contributed by atoms with Gasteiger partial charge < -0.3 is 14.8 Å². The van der Waals surface area contributed by atoms with E-state index in [1.807, 2.05) is 56.3 Å². The summed E-state index contributed by atoms with van der Waals surface area (Å²) in [5.74, 6) is 1.46. The molecule has 0 aliphatic carbocycles. The number of likely N-dealkylation sites (N-methyl/N-ethyl adjacent to an activating group) is 1. The Balaban J connectivity index is 1.84. The Kier molecular flexibility index (Phi) is 5.76. The van der Waals surface area contributed by atoms with Crippen LogP contribution in [-0.2, 0) is 11.4 Å². The molecule has 3 rings (SSSR count). The van der Waals surface area contributed by atoms with Crippen LogP contribution in [0.1, 0.15) is 23.6 Å². The number of ether oxygens (including phenoxy) is 2. The van der Waals surface area contributed by atoms with Crippen molar-refractivity contribution in [1.29, 1.82) is 0 Å². The van der Waals surface area contributed by atoms with Gasteiger partial charge in [0.05, 0.1) is 7.11 Å². The number of rotatable bonds is 6. The van der Waals surface area contributed by atoms with E-state index in [2.05, 4.69) is 5.32 Å². The van der Waals surface area contributed by atoms with E-state index < -0.39 is 0 Å². The van der Waals surface area contributed by atoms with Crippen LogP contribution in [-0.4, -0.2) is 29.6 Å². The second-order valence-corrected chi connectivity index (χ2v) is 6.55. The molecule has 1 saturated heterocycles. The van der Waals surface area contributed by atoms with Gasteiger partial charge in [-0.2, -0.15) is 0 Å². The third kappa shape index (κ3) is 4.11. The van der Waals surface area contributed by atoms with Crippen molar-refractivity contribution in [3.63, 3.8) is 0 Å². The van der Waals surface area contributed by atoms with Gasteiger partial charge in [-0.1, -0.05) is 24.3 Å². The zero-order chi connectivity index (χ0) is 19.4. The van der Waals surface area contributed by atoms with E-state index in [9.17, 15) is 4.79 Å².